The number of rotatable bonds is 3. The van der Waals surface area contributed by atoms with Gasteiger partial charge in [0.25, 0.3) is 0 Å². The van der Waals surface area contributed by atoms with Crippen LogP contribution in [0.4, 0.5) is 0 Å². The van der Waals surface area contributed by atoms with E-state index < -0.39 is 0 Å². The number of carbonyl (C=O) groups is 1. The van der Waals surface area contributed by atoms with Gasteiger partial charge in [-0.05, 0) is 6.92 Å². The van der Waals surface area contributed by atoms with Gasteiger partial charge in [-0.2, -0.15) is 0 Å². The van der Waals surface area contributed by atoms with Gasteiger partial charge in [-0.15, -0.1) is 0 Å². The summed E-state index contributed by atoms with van der Waals surface area (Å²) in [5, 5.41) is 6.42. The third kappa shape index (κ3) is 2.13. The number of aryl methyl sites for hydroxylation is 1. The van der Waals surface area contributed by atoms with Gasteiger partial charge in [0.15, 0.2) is 0 Å². The zero-order chi connectivity index (χ0) is 10.7. The lowest BCUT2D eigenvalue weighted by Gasteiger charge is -2.14. The van der Waals surface area contributed by atoms with E-state index in [1.54, 1.807) is 7.05 Å². The number of aromatic nitrogens is 1. The highest BCUT2D eigenvalue weighted by molar-refractivity contribution is 5.78. The SMILES string of the molecule is CNC(=O)C(C)C(C)c1cc(C)no1. The van der Waals surface area contributed by atoms with Crippen molar-refractivity contribution in [3.05, 3.63) is 17.5 Å². The summed E-state index contributed by atoms with van der Waals surface area (Å²) in [5.41, 5.74) is 0.843. The van der Waals surface area contributed by atoms with Gasteiger partial charge in [0.05, 0.1) is 5.69 Å². The molecule has 14 heavy (non-hydrogen) atoms. The number of nitrogens with one attached hydrogen (secondary N) is 1. The van der Waals surface area contributed by atoms with Crippen molar-refractivity contribution in [3.8, 4) is 0 Å². The number of hydrogen-bond donors (Lipinski definition) is 1. The highest BCUT2D eigenvalue weighted by Crippen LogP contribution is 2.24. The van der Waals surface area contributed by atoms with Crippen LogP contribution in [0.3, 0.4) is 0 Å². The second-order valence-electron chi connectivity index (χ2n) is 3.56. The van der Waals surface area contributed by atoms with Crippen LogP contribution in [-0.2, 0) is 4.79 Å². The number of amides is 1. The smallest absolute Gasteiger partial charge is 0.223 e. The maximum absolute atomic E-state index is 11.4. The molecule has 0 fully saturated rings. The van der Waals surface area contributed by atoms with Gasteiger partial charge in [0.1, 0.15) is 5.76 Å². The van der Waals surface area contributed by atoms with Crippen LogP contribution in [-0.4, -0.2) is 18.1 Å². The molecule has 1 heterocycles. The largest absolute Gasteiger partial charge is 0.361 e. The zero-order valence-electron chi connectivity index (χ0n) is 9.00. The summed E-state index contributed by atoms with van der Waals surface area (Å²) in [6.07, 6.45) is 0. The minimum Gasteiger partial charge on any atom is -0.361 e. The van der Waals surface area contributed by atoms with E-state index in [1.165, 1.54) is 0 Å². The zero-order valence-corrected chi connectivity index (χ0v) is 9.00. The Morgan fingerprint density at radius 2 is 2.21 bits per heavy atom. The monoisotopic (exact) mass is 196 g/mol. The molecule has 0 saturated carbocycles. The van der Waals surface area contributed by atoms with Crippen LogP contribution in [0.15, 0.2) is 10.6 Å². The van der Waals surface area contributed by atoms with Gasteiger partial charge in [-0.25, -0.2) is 0 Å². The summed E-state index contributed by atoms with van der Waals surface area (Å²) in [5.74, 6) is 0.730. The van der Waals surface area contributed by atoms with Gasteiger partial charge >= 0.3 is 0 Å². The molecule has 0 spiro atoms. The van der Waals surface area contributed by atoms with Gasteiger partial charge in [-0.1, -0.05) is 19.0 Å². The molecule has 0 aromatic carbocycles. The second-order valence-corrected chi connectivity index (χ2v) is 3.56. The minimum atomic E-state index is -0.104. The average molecular weight is 196 g/mol. The van der Waals surface area contributed by atoms with Crippen molar-refractivity contribution in [3.63, 3.8) is 0 Å². The lowest BCUT2D eigenvalue weighted by atomic mass is 9.93. The summed E-state index contributed by atoms with van der Waals surface area (Å²) in [7, 11) is 1.64. The molecule has 0 aliphatic rings. The Morgan fingerprint density at radius 1 is 1.57 bits per heavy atom. The fraction of sp³-hybridized carbons (Fsp3) is 0.600. The highest BCUT2D eigenvalue weighted by atomic mass is 16.5. The third-order valence-electron chi connectivity index (χ3n) is 2.50. The molecule has 0 bridgehead atoms. The van der Waals surface area contributed by atoms with Gasteiger partial charge < -0.3 is 9.84 Å². The maximum Gasteiger partial charge on any atom is 0.223 e. The Bertz CT molecular complexity index is 320. The molecule has 1 aromatic rings. The number of nitrogens with zero attached hydrogens (tertiary/aromatic N) is 1. The lowest BCUT2D eigenvalue weighted by Crippen LogP contribution is -2.28. The Morgan fingerprint density at radius 3 is 2.64 bits per heavy atom. The molecule has 1 rings (SSSR count). The molecule has 2 atom stereocenters. The van der Waals surface area contributed by atoms with E-state index in [2.05, 4.69) is 10.5 Å². The van der Waals surface area contributed by atoms with Crippen molar-refractivity contribution in [2.75, 3.05) is 7.05 Å². The third-order valence-corrected chi connectivity index (χ3v) is 2.50. The Kier molecular flexibility index (Phi) is 3.28. The van der Waals surface area contributed by atoms with E-state index in [4.69, 9.17) is 4.52 Å². The summed E-state index contributed by atoms with van der Waals surface area (Å²) in [4.78, 5) is 11.4. The first-order valence-corrected chi connectivity index (χ1v) is 4.71. The molecule has 1 aromatic heterocycles. The van der Waals surface area contributed by atoms with Crippen molar-refractivity contribution in [1.82, 2.24) is 10.5 Å². The van der Waals surface area contributed by atoms with Crippen LogP contribution < -0.4 is 5.32 Å². The molecule has 0 aliphatic heterocycles. The van der Waals surface area contributed by atoms with Crippen LogP contribution in [0.1, 0.15) is 31.2 Å². The van der Waals surface area contributed by atoms with Gasteiger partial charge in [0, 0.05) is 24.9 Å². The molecule has 2 unspecified atom stereocenters. The highest BCUT2D eigenvalue weighted by Gasteiger charge is 2.23. The molecular weight excluding hydrogens is 180 g/mol. The Balaban J connectivity index is 2.74. The normalized spacial score (nSPS) is 14.9. The van der Waals surface area contributed by atoms with Crippen LogP contribution in [0.5, 0.6) is 0 Å². The minimum absolute atomic E-state index is 0.0200. The van der Waals surface area contributed by atoms with Gasteiger partial charge in [-0.3, -0.25) is 4.79 Å². The van der Waals surface area contributed by atoms with E-state index in [1.807, 2.05) is 26.8 Å². The van der Waals surface area contributed by atoms with Gasteiger partial charge in [0.2, 0.25) is 5.91 Å². The summed E-state index contributed by atoms with van der Waals surface area (Å²) in [6, 6.07) is 1.87. The van der Waals surface area contributed by atoms with E-state index >= 15 is 0 Å². The molecule has 1 N–H and O–H groups in total. The van der Waals surface area contributed by atoms with Crippen LogP contribution in [0, 0.1) is 12.8 Å². The van der Waals surface area contributed by atoms with Crippen molar-refractivity contribution in [2.24, 2.45) is 5.92 Å². The van der Waals surface area contributed by atoms with E-state index in [-0.39, 0.29) is 17.7 Å². The van der Waals surface area contributed by atoms with E-state index in [0.29, 0.717) is 0 Å². The van der Waals surface area contributed by atoms with Crippen LogP contribution in [0.25, 0.3) is 0 Å². The van der Waals surface area contributed by atoms with Crippen molar-refractivity contribution >= 4 is 5.91 Å². The second kappa shape index (κ2) is 4.26. The Hall–Kier alpha value is -1.32. The molecule has 78 valence electrons. The molecule has 0 radical (unpaired) electrons. The molecule has 4 nitrogen and oxygen atoms in total. The topological polar surface area (TPSA) is 55.1 Å². The van der Waals surface area contributed by atoms with E-state index in [9.17, 15) is 4.79 Å². The van der Waals surface area contributed by atoms with E-state index in [0.717, 1.165) is 11.5 Å². The fourth-order valence-corrected chi connectivity index (χ4v) is 1.30. The summed E-state index contributed by atoms with van der Waals surface area (Å²) >= 11 is 0. The summed E-state index contributed by atoms with van der Waals surface area (Å²) in [6.45, 7) is 5.70. The quantitative estimate of drug-likeness (QED) is 0.796. The van der Waals surface area contributed by atoms with Crippen molar-refractivity contribution in [1.29, 1.82) is 0 Å². The average Bonchev–Trinajstić information content (AvgIpc) is 2.61. The fourth-order valence-electron chi connectivity index (χ4n) is 1.30. The predicted molar refractivity (Wildman–Crippen MR) is 52.9 cm³/mol. The number of hydrogen-bond acceptors (Lipinski definition) is 3. The molecule has 4 heteroatoms. The molecule has 0 aliphatic carbocycles. The molecule has 0 saturated heterocycles. The Labute approximate surface area is 83.7 Å². The van der Waals surface area contributed by atoms with Crippen LogP contribution in [0.2, 0.25) is 0 Å². The first kappa shape index (κ1) is 10.8. The molecular formula is C10H16N2O2. The maximum atomic E-state index is 11.4. The van der Waals surface area contributed by atoms with Crippen LogP contribution >= 0.6 is 0 Å². The first-order valence-electron chi connectivity index (χ1n) is 4.71. The molecule has 1 amide bonds. The van der Waals surface area contributed by atoms with Crippen molar-refractivity contribution in [2.45, 2.75) is 26.7 Å². The predicted octanol–water partition coefficient (Wildman–Crippen LogP) is 1.47. The summed E-state index contributed by atoms with van der Waals surface area (Å²) < 4.78 is 5.11. The lowest BCUT2D eigenvalue weighted by molar-refractivity contribution is -0.124. The number of carbonyl (C=O) groups excluding carboxylic acids is 1. The standard InChI is InChI=1S/C10H16N2O2/c1-6-5-9(14-12-6)7(2)8(3)10(13)11-4/h5,7-8H,1-4H3,(H,11,13). The first-order chi connectivity index (χ1) is 6.56. The van der Waals surface area contributed by atoms with Crippen molar-refractivity contribution < 1.29 is 9.32 Å².